The Labute approximate surface area is 98.0 Å². The van der Waals surface area contributed by atoms with Crippen LogP contribution in [0.5, 0.6) is 0 Å². The number of likely N-dealkylation sites (N-methyl/N-ethyl adjacent to an activating group) is 1. The number of rotatable bonds is 0. The van der Waals surface area contributed by atoms with E-state index < -0.39 is 0 Å². The maximum atomic E-state index is 11.5. The van der Waals surface area contributed by atoms with Crippen molar-refractivity contribution < 1.29 is 4.79 Å². The minimum absolute atomic E-state index is 0.0440. The standard InChI is InChI=1S/C8H11N3O.2C2H6/c1-5-6-3-9-10-7(6)4-11(2)8(5)12;2*1-2/h3,5H,4H2,1-2H3,(H,9,10);2*1-2H3. The Morgan fingerprint density at radius 1 is 1.38 bits per heavy atom. The Bertz CT molecular complexity index is 320. The van der Waals surface area contributed by atoms with Crippen molar-refractivity contribution in [1.82, 2.24) is 15.1 Å². The maximum absolute atomic E-state index is 11.5. The number of H-pyrrole nitrogens is 1. The van der Waals surface area contributed by atoms with Crippen molar-refractivity contribution in [2.75, 3.05) is 7.05 Å². The molecule has 4 nitrogen and oxygen atoms in total. The van der Waals surface area contributed by atoms with Gasteiger partial charge in [0.1, 0.15) is 0 Å². The molecule has 1 aromatic heterocycles. The molecule has 16 heavy (non-hydrogen) atoms. The Hall–Kier alpha value is -1.32. The van der Waals surface area contributed by atoms with Crippen molar-refractivity contribution in [3.05, 3.63) is 17.5 Å². The van der Waals surface area contributed by atoms with Gasteiger partial charge in [-0.05, 0) is 6.92 Å². The van der Waals surface area contributed by atoms with Crippen molar-refractivity contribution in [2.45, 2.75) is 47.1 Å². The number of aromatic amines is 1. The van der Waals surface area contributed by atoms with E-state index in [9.17, 15) is 4.79 Å². The van der Waals surface area contributed by atoms with Gasteiger partial charge in [0.15, 0.2) is 0 Å². The highest BCUT2D eigenvalue weighted by Crippen LogP contribution is 2.25. The normalized spacial score (nSPS) is 17.8. The first-order valence-electron chi connectivity index (χ1n) is 5.97. The number of carbonyl (C=O) groups excluding carboxylic acids is 1. The van der Waals surface area contributed by atoms with Gasteiger partial charge in [0.05, 0.1) is 24.4 Å². The summed E-state index contributed by atoms with van der Waals surface area (Å²) in [5.41, 5.74) is 2.10. The van der Waals surface area contributed by atoms with Crippen LogP contribution in [0.4, 0.5) is 0 Å². The van der Waals surface area contributed by atoms with Crippen molar-refractivity contribution in [3.63, 3.8) is 0 Å². The highest BCUT2D eigenvalue weighted by Gasteiger charge is 2.28. The molecule has 2 heterocycles. The smallest absolute Gasteiger partial charge is 0.230 e. The Balaban J connectivity index is 0.000000509. The topological polar surface area (TPSA) is 49.0 Å². The second-order valence-corrected chi connectivity index (χ2v) is 3.22. The third kappa shape index (κ3) is 2.84. The van der Waals surface area contributed by atoms with Crippen LogP contribution in [0.2, 0.25) is 0 Å². The van der Waals surface area contributed by atoms with E-state index in [1.54, 1.807) is 11.1 Å². The number of amides is 1. The third-order valence-corrected chi connectivity index (χ3v) is 2.36. The molecule has 1 atom stereocenters. The summed E-state index contributed by atoms with van der Waals surface area (Å²) in [6.07, 6.45) is 1.74. The monoisotopic (exact) mass is 225 g/mol. The fraction of sp³-hybridized carbons (Fsp3) is 0.667. The lowest BCUT2D eigenvalue weighted by Gasteiger charge is -2.26. The summed E-state index contributed by atoms with van der Waals surface area (Å²) in [5.74, 6) is 0.126. The van der Waals surface area contributed by atoms with E-state index >= 15 is 0 Å². The minimum Gasteiger partial charge on any atom is -0.339 e. The summed E-state index contributed by atoms with van der Waals surface area (Å²) >= 11 is 0. The summed E-state index contributed by atoms with van der Waals surface area (Å²) in [4.78, 5) is 13.2. The average Bonchev–Trinajstić information content (AvgIpc) is 2.79. The summed E-state index contributed by atoms with van der Waals surface area (Å²) < 4.78 is 0. The zero-order valence-corrected chi connectivity index (χ0v) is 11.2. The quantitative estimate of drug-likeness (QED) is 0.737. The molecule has 0 saturated heterocycles. The fourth-order valence-electron chi connectivity index (χ4n) is 1.60. The molecule has 1 aliphatic rings. The van der Waals surface area contributed by atoms with Crippen molar-refractivity contribution in [1.29, 1.82) is 0 Å². The number of aromatic nitrogens is 2. The minimum atomic E-state index is -0.0440. The molecule has 1 amide bonds. The lowest BCUT2D eigenvalue weighted by molar-refractivity contribution is -0.132. The Kier molecular flexibility index (Phi) is 6.46. The predicted molar refractivity (Wildman–Crippen MR) is 66.2 cm³/mol. The number of fused-ring (bicyclic) bond motifs is 1. The van der Waals surface area contributed by atoms with Crippen LogP contribution < -0.4 is 0 Å². The van der Waals surface area contributed by atoms with Gasteiger partial charge in [0.25, 0.3) is 0 Å². The molecule has 0 aromatic carbocycles. The molecule has 0 fully saturated rings. The second kappa shape index (κ2) is 7.04. The summed E-state index contributed by atoms with van der Waals surface area (Å²) in [5, 5.41) is 6.81. The first-order chi connectivity index (χ1) is 7.70. The van der Waals surface area contributed by atoms with Crippen molar-refractivity contribution in [2.24, 2.45) is 0 Å². The molecule has 1 unspecified atom stereocenters. The van der Waals surface area contributed by atoms with E-state index in [0.29, 0.717) is 6.54 Å². The predicted octanol–water partition coefficient (Wildman–Crippen LogP) is 2.54. The van der Waals surface area contributed by atoms with E-state index in [4.69, 9.17) is 0 Å². The molecule has 2 rings (SSSR count). The molecular formula is C12H23N3O. The second-order valence-electron chi connectivity index (χ2n) is 3.22. The fourth-order valence-corrected chi connectivity index (χ4v) is 1.60. The molecule has 4 heteroatoms. The molecule has 0 saturated carbocycles. The summed E-state index contributed by atoms with van der Waals surface area (Å²) in [6.45, 7) is 10.6. The Morgan fingerprint density at radius 2 is 1.94 bits per heavy atom. The van der Waals surface area contributed by atoms with Gasteiger partial charge in [0, 0.05) is 12.6 Å². The van der Waals surface area contributed by atoms with Gasteiger partial charge in [-0.3, -0.25) is 9.89 Å². The van der Waals surface area contributed by atoms with Gasteiger partial charge in [-0.2, -0.15) is 5.10 Å². The first kappa shape index (κ1) is 14.7. The van der Waals surface area contributed by atoms with Gasteiger partial charge in [-0.1, -0.05) is 27.7 Å². The molecule has 92 valence electrons. The van der Waals surface area contributed by atoms with Crippen LogP contribution in [-0.4, -0.2) is 28.1 Å². The molecule has 1 aromatic rings. The summed E-state index contributed by atoms with van der Waals surface area (Å²) in [6, 6.07) is 0. The SMILES string of the molecule is CC.CC.CC1C(=O)N(C)Cc2[nH]ncc21. The number of nitrogens with one attached hydrogen (secondary N) is 1. The van der Waals surface area contributed by atoms with E-state index in [1.165, 1.54) is 0 Å². The van der Waals surface area contributed by atoms with Gasteiger partial charge in [-0.15, -0.1) is 0 Å². The summed E-state index contributed by atoms with van der Waals surface area (Å²) in [7, 11) is 1.81. The molecule has 1 aliphatic heterocycles. The van der Waals surface area contributed by atoms with Crippen molar-refractivity contribution >= 4 is 5.91 Å². The number of nitrogens with zero attached hydrogens (tertiary/aromatic N) is 2. The molecule has 1 N–H and O–H groups in total. The maximum Gasteiger partial charge on any atom is 0.230 e. The van der Waals surface area contributed by atoms with Gasteiger partial charge in [-0.25, -0.2) is 0 Å². The van der Waals surface area contributed by atoms with Crippen LogP contribution in [-0.2, 0) is 11.3 Å². The van der Waals surface area contributed by atoms with Crippen LogP contribution in [0.3, 0.4) is 0 Å². The molecule has 0 aliphatic carbocycles. The highest BCUT2D eigenvalue weighted by atomic mass is 16.2. The van der Waals surface area contributed by atoms with Gasteiger partial charge < -0.3 is 4.90 Å². The van der Waals surface area contributed by atoms with Crippen LogP contribution >= 0.6 is 0 Å². The lowest BCUT2D eigenvalue weighted by atomic mass is 9.97. The largest absolute Gasteiger partial charge is 0.339 e. The highest BCUT2D eigenvalue weighted by molar-refractivity contribution is 5.84. The zero-order valence-electron chi connectivity index (χ0n) is 11.2. The number of hydrogen-bond donors (Lipinski definition) is 1. The molecule has 0 radical (unpaired) electrons. The van der Waals surface area contributed by atoms with Crippen LogP contribution in [0.25, 0.3) is 0 Å². The lowest BCUT2D eigenvalue weighted by Crippen LogP contribution is -2.34. The van der Waals surface area contributed by atoms with E-state index in [1.807, 2.05) is 41.7 Å². The zero-order chi connectivity index (χ0) is 12.7. The van der Waals surface area contributed by atoms with Gasteiger partial charge >= 0.3 is 0 Å². The van der Waals surface area contributed by atoms with Crippen molar-refractivity contribution in [3.8, 4) is 0 Å². The van der Waals surface area contributed by atoms with Crippen LogP contribution in [0, 0.1) is 0 Å². The first-order valence-corrected chi connectivity index (χ1v) is 5.97. The van der Waals surface area contributed by atoms with E-state index in [-0.39, 0.29) is 11.8 Å². The van der Waals surface area contributed by atoms with E-state index in [0.717, 1.165) is 11.3 Å². The molecule has 0 spiro atoms. The number of hydrogen-bond acceptors (Lipinski definition) is 2. The molecule has 0 bridgehead atoms. The van der Waals surface area contributed by atoms with Crippen LogP contribution in [0.15, 0.2) is 6.20 Å². The van der Waals surface area contributed by atoms with E-state index in [2.05, 4.69) is 10.2 Å². The number of carbonyl (C=O) groups is 1. The third-order valence-electron chi connectivity index (χ3n) is 2.36. The average molecular weight is 225 g/mol. The Morgan fingerprint density at radius 3 is 2.50 bits per heavy atom. The molecular weight excluding hydrogens is 202 g/mol. The van der Waals surface area contributed by atoms with Crippen LogP contribution in [0.1, 0.15) is 51.8 Å². The van der Waals surface area contributed by atoms with Gasteiger partial charge in [0.2, 0.25) is 5.91 Å².